The van der Waals surface area contributed by atoms with Crippen molar-refractivity contribution < 1.29 is 0 Å². The topological polar surface area (TPSA) is 58.5 Å². The lowest BCUT2D eigenvalue weighted by Gasteiger charge is -2.10. The Kier molecular flexibility index (Phi) is 8.16. The van der Waals surface area contributed by atoms with Gasteiger partial charge in [-0.2, -0.15) is 10.2 Å². The van der Waals surface area contributed by atoms with Gasteiger partial charge in [0.1, 0.15) is 5.69 Å². The zero-order chi connectivity index (χ0) is 21.4. The van der Waals surface area contributed by atoms with Gasteiger partial charge in [0, 0.05) is 30.9 Å². The normalized spacial score (nSPS) is 11.2. The fraction of sp³-hybridized carbons (Fsp3) is 0.333. The van der Waals surface area contributed by atoms with E-state index in [4.69, 9.17) is 0 Å². The summed E-state index contributed by atoms with van der Waals surface area (Å²) in [5.74, 6) is 0. The van der Waals surface area contributed by atoms with Crippen LogP contribution in [0.2, 0.25) is 0 Å². The van der Waals surface area contributed by atoms with Crippen molar-refractivity contribution in [2.45, 2.75) is 40.7 Å². The number of allylic oxidation sites excluding steroid dienone is 1. The third kappa shape index (κ3) is 5.55. The van der Waals surface area contributed by atoms with E-state index in [1.54, 1.807) is 10.8 Å². The molecular formula is C24H33N5. The molecule has 0 unspecified atom stereocenters. The molecule has 2 aromatic heterocycles. The van der Waals surface area contributed by atoms with Crippen LogP contribution in [0.5, 0.6) is 0 Å². The van der Waals surface area contributed by atoms with Crippen molar-refractivity contribution in [1.29, 1.82) is 0 Å². The van der Waals surface area contributed by atoms with Crippen LogP contribution in [0, 0.1) is 6.92 Å². The first-order valence-electron chi connectivity index (χ1n) is 10.1. The summed E-state index contributed by atoms with van der Waals surface area (Å²) in [6, 6.07) is 6.59. The summed E-state index contributed by atoms with van der Waals surface area (Å²) in [7, 11) is 3.87. The minimum Gasteiger partial charge on any atom is -0.316 e. The lowest BCUT2D eigenvalue weighted by molar-refractivity contribution is 0.768. The van der Waals surface area contributed by atoms with E-state index in [1.807, 2.05) is 26.5 Å². The molecule has 0 spiro atoms. The van der Waals surface area contributed by atoms with E-state index in [0.29, 0.717) is 0 Å². The van der Waals surface area contributed by atoms with Crippen LogP contribution in [0.25, 0.3) is 29.0 Å². The number of hydrogen-bond donors (Lipinski definition) is 2. The van der Waals surface area contributed by atoms with Gasteiger partial charge in [-0.3, -0.25) is 9.78 Å². The fourth-order valence-corrected chi connectivity index (χ4v) is 3.21. The van der Waals surface area contributed by atoms with Gasteiger partial charge >= 0.3 is 0 Å². The van der Waals surface area contributed by atoms with Crippen LogP contribution in [-0.2, 0) is 13.6 Å². The van der Waals surface area contributed by atoms with E-state index < -0.39 is 0 Å². The second-order valence-electron chi connectivity index (χ2n) is 7.22. The fourth-order valence-electron chi connectivity index (χ4n) is 3.21. The molecule has 0 aliphatic carbocycles. The molecule has 0 radical (unpaired) electrons. The minimum absolute atomic E-state index is 0.872. The van der Waals surface area contributed by atoms with Gasteiger partial charge in [-0.1, -0.05) is 45.0 Å². The van der Waals surface area contributed by atoms with E-state index in [-0.39, 0.29) is 0 Å². The van der Waals surface area contributed by atoms with E-state index in [0.717, 1.165) is 29.1 Å². The van der Waals surface area contributed by atoms with E-state index in [1.165, 1.54) is 28.7 Å². The number of aromatic nitrogens is 4. The number of aromatic amines is 1. The van der Waals surface area contributed by atoms with Crippen LogP contribution in [0.15, 0.2) is 37.2 Å². The van der Waals surface area contributed by atoms with Gasteiger partial charge < -0.3 is 5.32 Å². The van der Waals surface area contributed by atoms with Crippen LogP contribution in [-0.4, -0.2) is 27.0 Å². The highest BCUT2D eigenvalue weighted by Gasteiger charge is 2.14. The molecule has 2 N–H and O–H groups in total. The monoisotopic (exact) mass is 391 g/mol. The zero-order valence-corrected chi connectivity index (χ0v) is 18.5. The summed E-state index contributed by atoms with van der Waals surface area (Å²) >= 11 is 0. The van der Waals surface area contributed by atoms with Crippen LogP contribution in [0.3, 0.4) is 0 Å². The number of rotatable bonds is 6. The van der Waals surface area contributed by atoms with E-state index in [2.05, 4.69) is 79.2 Å². The molecule has 0 aliphatic rings. The first-order valence-corrected chi connectivity index (χ1v) is 10.1. The van der Waals surface area contributed by atoms with Gasteiger partial charge in [0.15, 0.2) is 0 Å². The highest BCUT2D eigenvalue weighted by atomic mass is 15.2. The molecule has 5 nitrogen and oxygen atoms in total. The lowest BCUT2D eigenvalue weighted by atomic mass is 9.96. The van der Waals surface area contributed by atoms with Crippen LogP contribution >= 0.6 is 0 Å². The zero-order valence-electron chi connectivity index (χ0n) is 18.5. The Morgan fingerprint density at radius 1 is 1.31 bits per heavy atom. The van der Waals surface area contributed by atoms with E-state index >= 15 is 0 Å². The second-order valence-corrected chi connectivity index (χ2v) is 7.22. The summed E-state index contributed by atoms with van der Waals surface area (Å²) < 4.78 is 1.78. The Morgan fingerprint density at radius 2 is 2.03 bits per heavy atom. The third-order valence-corrected chi connectivity index (χ3v) is 4.47. The number of nitrogens with one attached hydrogen (secondary N) is 2. The number of H-pyrrole nitrogens is 1. The van der Waals surface area contributed by atoms with Gasteiger partial charge in [-0.25, -0.2) is 0 Å². The van der Waals surface area contributed by atoms with Crippen molar-refractivity contribution in [1.82, 2.24) is 25.3 Å². The van der Waals surface area contributed by atoms with Gasteiger partial charge in [-0.05, 0) is 55.3 Å². The smallest absolute Gasteiger partial charge is 0.103 e. The average Bonchev–Trinajstić information content (AvgIpc) is 3.28. The molecule has 0 bridgehead atoms. The molecular weight excluding hydrogens is 358 g/mol. The predicted molar refractivity (Wildman–Crippen MR) is 124 cm³/mol. The first-order chi connectivity index (χ1) is 13.9. The molecule has 0 fully saturated rings. The first kappa shape index (κ1) is 22.4. The molecule has 154 valence electrons. The van der Waals surface area contributed by atoms with Crippen molar-refractivity contribution in [2.75, 3.05) is 7.05 Å². The summed E-state index contributed by atoms with van der Waals surface area (Å²) in [4.78, 5) is 0. The standard InChI is InChI=1S/C21H25N5.C3H8/c1-6-20-19(21(25-24-20)17-12-23-26(5)13-17)10-15(3)18-8-7-16(11-22-4)9-14(18)2;1-3-2/h6-10,12-13,22H,1,11H2,2-5H3,(H,24,25);3H2,1-2H3/b15-10+;. The molecule has 0 aliphatic heterocycles. The summed E-state index contributed by atoms with van der Waals surface area (Å²) in [6.07, 6.45) is 9.01. The largest absolute Gasteiger partial charge is 0.316 e. The Morgan fingerprint density at radius 3 is 2.59 bits per heavy atom. The Labute approximate surface area is 174 Å². The average molecular weight is 392 g/mol. The molecule has 0 atom stereocenters. The molecule has 3 aromatic rings. The van der Waals surface area contributed by atoms with Gasteiger partial charge in [0.05, 0.1) is 11.9 Å². The SMILES string of the molecule is C=Cc1[nH]nc(-c2cnn(C)c2)c1/C=C(\C)c1ccc(CNC)cc1C.CCC. The van der Waals surface area contributed by atoms with Gasteiger partial charge in [0.25, 0.3) is 0 Å². The summed E-state index contributed by atoms with van der Waals surface area (Å²) in [5.41, 5.74) is 8.78. The molecule has 2 heterocycles. The number of nitrogens with zero attached hydrogens (tertiary/aromatic N) is 3. The molecule has 0 saturated carbocycles. The second kappa shape index (κ2) is 10.6. The van der Waals surface area contributed by atoms with Crippen LogP contribution in [0.4, 0.5) is 0 Å². The van der Waals surface area contributed by atoms with E-state index in [9.17, 15) is 0 Å². The predicted octanol–water partition coefficient (Wildman–Crippen LogP) is 5.46. The maximum Gasteiger partial charge on any atom is 0.103 e. The quantitative estimate of drug-likeness (QED) is 0.587. The highest BCUT2D eigenvalue weighted by Crippen LogP contribution is 2.29. The van der Waals surface area contributed by atoms with Gasteiger partial charge in [0.2, 0.25) is 0 Å². The maximum atomic E-state index is 4.48. The molecule has 3 rings (SSSR count). The molecule has 5 heteroatoms. The van der Waals surface area contributed by atoms with Gasteiger partial charge in [-0.15, -0.1) is 0 Å². The number of benzene rings is 1. The Hall–Kier alpha value is -2.92. The Balaban J connectivity index is 0.000000941. The van der Waals surface area contributed by atoms with Crippen molar-refractivity contribution in [3.05, 3.63) is 65.1 Å². The molecule has 1 aromatic carbocycles. The molecule has 0 amide bonds. The van der Waals surface area contributed by atoms with Crippen molar-refractivity contribution in [2.24, 2.45) is 7.05 Å². The summed E-state index contributed by atoms with van der Waals surface area (Å²) in [6.45, 7) is 13.3. The van der Waals surface area contributed by atoms with Crippen LogP contribution < -0.4 is 5.32 Å². The molecule has 29 heavy (non-hydrogen) atoms. The lowest BCUT2D eigenvalue weighted by Crippen LogP contribution is -2.05. The minimum atomic E-state index is 0.872. The van der Waals surface area contributed by atoms with Crippen LogP contribution in [0.1, 0.15) is 55.1 Å². The molecule has 0 saturated heterocycles. The van der Waals surface area contributed by atoms with Crippen molar-refractivity contribution in [3.63, 3.8) is 0 Å². The third-order valence-electron chi connectivity index (χ3n) is 4.47. The van der Waals surface area contributed by atoms with Crippen molar-refractivity contribution >= 4 is 17.7 Å². The highest BCUT2D eigenvalue weighted by molar-refractivity contribution is 5.88. The summed E-state index contributed by atoms with van der Waals surface area (Å²) in [5, 5.41) is 15.0. The maximum absolute atomic E-state index is 4.48. The van der Waals surface area contributed by atoms with Crippen molar-refractivity contribution in [3.8, 4) is 11.3 Å². The number of aryl methyl sites for hydroxylation is 2. The number of hydrogen-bond acceptors (Lipinski definition) is 3. The Bertz CT molecular complexity index is 975.